The van der Waals surface area contributed by atoms with E-state index in [0.29, 0.717) is 37.8 Å². The zero-order valence-electron chi connectivity index (χ0n) is 14.3. The van der Waals surface area contributed by atoms with E-state index in [1.54, 1.807) is 12.0 Å². The van der Waals surface area contributed by atoms with Crippen LogP contribution in [0.25, 0.3) is 0 Å². The Morgan fingerprint density at radius 3 is 2.74 bits per heavy atom. The molecule has 1 aliphatic heterocycles. The van der Waals surface area contributed by atoms with Crippen molar-refractivity contribution in [3.8, 4) is 11.5 Å². The maximum absolute atomic E-state index is 12.3. The second-order valence-electron chi connectivity index (χ2n) is 6.34. The Balaban J connectivity index is 1.82. The van der Waals surface area contributed by atoms with Crippen molar-refractivity contribution in [2.45, 2.75) is 32.4 Å². The van der Waals surface area contributed by atoms with Crippen molar-refractivity contribution in [3.63, 3.8) is 0 Å². The number of morpholine rings is 1. The molecule has 1 N–H and O–H groups in total. The minimum absolute atomic E-state index is 0.0856. The summed E-state index contributed by atoms with van der Waals surface area (Å²) in [5.74, 6) is 1.35. The number of amides is 2. The third-order valence-corrected chi connectivity index (χ3v) is 3.64. The van der Waals surface area contributed by atoms with E-state index in [-0.39, 0.29) is 17.7 Å². The molecule has 1 saturated heterocycles. The summed E-state index contributed by atoms with van der Waals surface area (Å²) in [4.78, 5) is 14.1. The zero-order chi connectivity index (χ0) is 16.9. The van der Waals surface area contributed by atoms with Crippen LogP contribution in [-0.2, 0) is 4.74 Å². The number of ether oxygens (including phenoxy) is 3. The van der Waals surface area contributed by atoms with Gasteiger partial charge in [-0.25, -0.2) is 4.79 Å². The van der Waals surface area contributed by atoms with Crippen molar-refractivity contribution in [3.05, 3.63) is 24.3 Å². The molecule has 2 rings (SSSR count). The number of rotatable bonds is 5. The fourth-order valence-electron chi connectivity index (χ4n) is 2.49. The van der Waals surface area contributed by atoms with Gasteiger partial charge in [-0.3, -0.25) is 0 Å². The van der Waals surface area contributed by atoms with Crippen molar-refractivity contribution in [2.24, 2.45) is 0 Å². The lowest BCUT2D eigenvalue weighted by Crippen LogP contribution is -2.55. The van der Waals surface area contributed by atoms with Crippen LogP contribution in [-0.4, -0.2) is 56.0 Å². The Bertz CT molecular complexity index is 533. The van der Waals surface area contributed by atoms with Gasteiger partial charge in [-0.15, -0.1) is 0 Å². The van der Waals surface area contributed by atoms with Crippen molar-refractivity contribution in [2.75, 3.05) is 33.4 Å². The standard InChI is InChI=1S/C17H26N2O4/c1-13(11-22-15-8-6-5-7-14(15)21-4)18-16(20)19-9-10-23-17(2,3)12-19/h5-8,13H,9-12H2,1-4H3,(H,18,20). The van der Waals surface area contributed by atoms with Gasteiger partial charge >= 0.3 is 6.03 Å². The number of methoxy groups -OCH3 is 1. The molecule has 23 heavy (non-hydrogen) atoms. The number of hydrogen-bond acceptors (Lipinski definition) is 4. The molecule has 0 aromatic heterocycles. The summed E-state index contributed by atoms with van der Waals surface area (Å²) in [6.45, 7) is 8.01. The molecule has 128 valence electrons. The third-order valence-electron chi connectivity index (χ3n) is 3.64. The number of carbonyl (C=O) groups excluding carboxylic acids is 1. The normalized spacial score (nSPS) is 18.2. The molecule has 0 spiro atoms. The fraction of sp³-hybridized carbons (Fsp3) is 0.588. The van der Waals surface area contributed by atoms with Crippen LogP contribution in [0.15, 0.2) is 24.3 Å². The first-order chi connectivity index (χ1) is 10.9. The maximum atomic E-state index is 12.3. The fourth-order valence-corrected chi connectivity index (χ4v) is 2.49. The van der Waals surface area contributed by atoms with Gasteiger partial charge in [-0.2, -0.15) is 0 Å². The Labute approximate surface area is 137 Å². The number of hydrogen-bond donors (Lipinski definition) is 1. The molecule has 1 unspecified atom stereocenters. The Hall–Kier alpha value is -1.95. The average molecular weight is 322 g/mol. The summed E-state index contributed by atoms with van der Waals surface area (Å²) >= 11 is 0. The molecule has 2 amide bonds. The second kappa shape index (κ2) is 7.55. The number of carbonyl (C=O) groups is 1. The SMILES string of the molecule is COc1ccccc1OCC(C)NC(=O)N1CCOC(C)(C)C1. The quantitative estimate of drug-likeness (QED) is 0.903. The predicted molar refractivity (Wildman–Crippen MR) is 88.1 cm³/mol. The summed E-state index contributed by atoms with van der Waals surface area (Å²) in [7, 11) is 1.60. The number of para-hydroxylation sites is 2. The molecular formula is C17H26N2O4. The summed E-state index contributed by atoms with van der Waals surface area (Å²) < 4.78 is 16.6. The molecule has 1 heterocycles. The van der Waals surface area contributed by atoms with Gasteiger partial charge < -0.3 is 24.4 Å². The van der Waals surface area contributed by atoms with Crippen LogP contribution in [0.4, 0.5) is 4.79 Å². The van der Waals surface area contributed by atoms with Gasteiger partial charge in [-0.1, -0.05) is 12.1 Å². The predicted octanol–water partition coefficient (Wildman–Crippen LogP) is 2.28. The topological polar surface area (TPSA) is 60.0 Å². The monoisotopic (exact) mass is 322 g/mol. The lowest BCUT2D eigenvalue weighted by Gasteiger charge is -2.38. The maximum Gasteiger partial charge on any atom is 0.317 e. The molecule has 1 aliphatic rings. The first-order valence-electron chi connectivity index (χ1n) is 7.86. The van der Waals surface area contributed by atoms with E-state index in [1.807, 2.05) is 45.0 Å². The molecule has 1 atom stereocenters. The highest BCUT2D eigenvalue weighted by atomic mass is 16.5. The summed E-state index contributed by atoms with van der Waals surface area (Å²) in [5.41, 5.74) is -0.299. The largest absolute Gasteiger partial charge is 0.493 e. The molecule has 6 nitrogen and oxygen atoms in total. The van der Waals surface area contributed by atoms with E-state index >= 15 is 0 Å². The highest BCUT2D eigenvalue weighted by Crippen LogP contribution is 2.25. The summed E-state index contributed by atoms with van der Waals surface area (Å²) in [6.07, 6.45) is 0. The van der Waals surface area contributed by atoms with Gasteiger partial charge in [0.2, 0.25) is 0 Å². The number of nitrogens with zero attached hydrogens (tertiary/aromatic N) is 1. The molecule has 0 radical (unpaired) electrons. The Morgan fingerprint density at radius 2 is 2.09 bits per heavy atom. The van der Waals surface area contributed by atoms with E-state index in [0.717, 1.165) is 0 Å². The third kappa shape index (κ3) is 5.03. The lowest BCUT2D eigenvalue weighted by atomic mass is 10.1. The summed E-state index contributed by atoms with van der Waals surface area (Å²) in [6, 6.07) is 7.26. The zero-order valence-corrected chi connectivity index (χ0v) is 14.3. The molecule has 1 aromatic rings. The number of nitrogens with one attached hydrogen (secondary N) is 1. The Morgan fingerprint density at radius 1 is 1.39 bits per heavy atom. The molecule has 1 aromatic carbocycles. The number of benzene rings is 1. The van der Waals surface area contributed by atoms with E-state index in [9.17, 15) is 4.79 Å². The Kier molecular flexibility index (Phi) is 5.71. The van der Waals surface area contributed by atoms with Crippen LogP contribution in [0.5, 0.6) is 11.5 Å². The second-order valence-corrected chi connectivity index (χ2v) is 6.34. The average Bonchev–Trinajstić information content (AvgIpc) is 2.52. The van der Waals surface area contributed by atoms with Gasteiger partial charge in [-0.05, 0) is 32.9 Å². The van der Waals surface area contributed by atoms with Gasteiger partial charge in [0.25, 0.3) is 0 Å². The van der Waals surface area contributed by atoms with Crippen LogP contribution in [0.1, 0.15) is 20.8 Å². The smallest absolute Gasteiger partial charge is 0.317 e. The van der Waals surface area contributed by atoms with Crippen LogP contribution in [0.3, 0.4) is 0 Å². The van der Waals surface area contributed by atoms with E-state index in [4.69, 9.17) is 14.2 Å². The molecular weight excluding hydrogens is 296 g/mol. The number of urea groups is 1. The molecule has 0 bridgehead atoms. The minimum Gasteiger partial charge on any atom is -0.493 e. The molecule has 1 fully saturated rings. The van der Waals surface area contributed by atoms with Crippen molar-refractivity contribution in [1.29, 1.82) is 0 Å². The molecule has 0 saturated carbocycles. The van der Waals surface area contributed by atoms with Crippen LogP contribution < -0.4 is 14.8 Å². The highest BCUT2D eigenvalue weighted by Gasteiger charge is 2.30. The van der Waals surface area contributed by atoms with E-state index < -0.39 is 0 Å². The van der Waals surface area contributed by atoms with E-state index in [2.05, 4.69) is 5.32 Å². The first-order valence-corrected chi connectivity index (χ1v) is 7.86. The minimum atomic E-state index is -0.299. The van der Waals surface area contributed by atoms with E-state index in [1.165, 1.54) is 0 Å². The lowest BCUT2D eigenvalue weighted by molar-refractivity contribution is -0.0735. The van der Waals surface area contributed by atoms with Crippen molar-refractivity contribution in [1.82, 2.24) is 10.2 Å². The van der Waals surface area contributed by atoms with Gasteiger partial charge in [0, 0.05) is 6.54 Å². The van der Waals surface area contributed by atoms with Gasteiger partial charge in [0.1, 0.15) is 6.61 Å². The van der Waals surface area contributed by atoms with Crippen LogP contribution >= 0.6 is 0 Å². The van der Waals surface area contributed by atoms with Crippen LogP contribution in [0.2, 0.25) is 0 Å². The van der Waals surface area contributed by atoms with Crippen molar-refractivity contribution < 1.29 is 19.0 Å². The first kappa shape index (κ1) is 17.4. The highest BCUT2D eigenvalue weighted by molar-refractivity contribution is 5.74. The molecule has 6 heteroatoms. The van der Waals surface area contributed by atoms with Gasteiger partial charge in [0.05, 0.1) is 31.9 Å². The summed E-state index contributed by atoms with van der Waals surface area (Å²) in [5, 5.41) is 2.96. The van der Waals surface area contributed by atoms with Crippen LogP contribution in [0, 0.1) is 0 Å². The van der Waals surface area contributed by atoms with Crippen molar-refractivity contribution >= 4 is 6.03 Å². The molecule has 0 aliphatic carbocycles. The van der Waals surface area contributed by atoms with Gasteiger partial charge in [0.15, 0.2) is 11.5 Å².